The minimum Gasteiger partial charge on any atom is -0.0729 e. The Morgan fingerprint density at radius 1 is 0.636 bits per heavy atom. The molecule has 0 N–H and O–H groups in total. The topological polar surface area (TPSA) is 0 Å². The number of allylic oxidation sites excluding steroid dienone is 4. The number of hydrogen-bond donors (Lipinski definition) is 0. The normalized spacial score (nSPS) is 23.7. The zero-order chi connectivity index (χ0) is 23.5. The smallest absolute Gasteiger partial charge is 0.00671 e. The Balaban J connectivity index is 1.86. The second kappa shape index (κ2) is 11.0. The lowest BCUT2D eigenvalue weighted by molar-refractivity contribution is 0.372. The molecule has 33 heavy (non-hydrogen) atoms. The predicted molar refractivity (Wildman–Crippen MR) is 145 cm³/mol. The maximum absolute atomic E-state index is 2.81. The minimum absolute atomic E-state index is 0.567. The van der Waals surface area contributed by atoms with E-state index < -0.39 is 0 Å². The molecule has 1 aromatic rings. The molecule has 1 atom stereocenters. The van der Waals surface area contributed by atoms with E-state index in [9.17, 15) is 0 Å². The Labute approximate surface area is 205 Å². The van der Waals surface area contributed by atoms with E-state index in [1.165, 1.54) is 70.6 Å². The largest absolute Gasteiger partial charge is 0.0729 e. The van der Waals surface area contributed by atoms with Crippen LogP contribution in [0.2, 0.25) is 0 Å². The van der Waals surface area contributed by atoms with Gasteiger partial charge in [0.05, 0.1) is 0 Å². The summed E-state index contributed by atoms with van der Waals surface area (Å²) in [7, 11) is 0. The van der Waals surface area contributed by atoms with Gasteiger partial charge in [-0.3, -0.25) is 0 Å². The Kier molecular flexibility index (Phi) is 8.24. The van der Waals surface area contributed by atoms with Crippen LogP contribution >= 0.6 is 0 Å². The summed E-state index contributed by atoms with van der Waals surface area (Å²) in [6.45, 7) is 14.6. The molecule has 4 rings (SSSR count). The van der Waals surface area contributed by atoms with Crippen molar-refractivity contribution in [1.29, 1.82) is 0 Å². The highest BCUT2D eigenvalue weighted by atomic mass is 14.4. The highest BCUT2D eigenvalue weighted by Gasteiger charge is 2.34. The molecule has 0 amide bonds. The van der Waals surface area contributed by atoms with Crippen molar-refractivity contribution in [3.63, 3.8) is 0 Å². The van der Waals surface area contributed by atoms with Gasteiger partial charge in [0.2, 0.25) is 0 Å². The van der Waals surface area contributed by atoms with Gasteiger partial charge in [0.15, 0.2) is 0 Å². The van der Waals surface area contributed by atoms with Crippen molar-refractivity contribution in [2.45, 2.75) is 130 Å². The zero-order valence-electron chi connectivity index (χ0n) is 22.6. The summed E-state index contributed by atoms with van der Waals surface area (Å²) >= 11 is 0. The molecule has 0 aromatic heterocycles. The summed E-state index contributed by atoms with van der Waals surface area (Å²) in [5.41, 5.74) is 10.4. The fourth-order valence-corrected chi connectivity index (χ4v) is 7.43. The summed E-state index contributed by atoms with van der Waals surface area (Å²) in [4.78, 5) is 0. The van der Waals surface area contributed by atoms with Crippen LogP contribution in [0, 0.1) is 17.8 Å². The third-order valence-electron chi connectivity index (χ3n) is 8.99. The molecule has 3 aliphatic rings. The molecule has 3 aliphatic carbocycles. The molecule has 0 heteroatoms. The first kappa shape index (κ1) is 24.8. The molecule has 182 valence electrons. The molecule has 1 aromatic carbocycles. The van der Waals surface area contributed by atoms with Crippen LogP contribution < -0.4 is 0 Å². The quantitative estimate of drug-likeness (QED) is 0.407. The van der Waals surface area contributed by atoms with Gasteiger partial charge in [0.1, 0.15) is 0 Å². The third kappa shape index (κ3) is 5.36. The molecule has 2 fully saturated rings. The van der Waals surface area contributed by atoms with Crippen LogP contribution in [0.3, 0.4) is 0 Å². The fraction of sp³-hybridized carbons (Fsp3) is 0.697. The van der Waals surface area contributed by atoms with Crippen LogP contribution in [0.1, 0.15) is 147 Å². The average Bonchev–Trinajstić information content (AvgIpc) is 2.83. The van der Waals surface area contributed by atoms with Crippen LogP contribution in [-0.4, -0.2) is 0 Å². The highest BCUT2D eigenvalue weighted by Crippen LogP contribution is 2.50. The molecule has 0 bridgehead atoms. The standard InChI is InChI=1S/C33H50/c1-22(2)28-18-13-19-29(23(3)4)33(28)27-20-30(25-14-9-7-10-15-25)32(24(5)6)31(21-27)26-16-11-8-12-17-26/h13,18-20,22-27H,7-12,14-17,21H2,1-6H3. The Morgan fingerprint density at radius 3 is 1.64 bits per heavy atom. The third-order valence-corrected chi connectivity index (χ3v) is 8.99. The average molecular weight is 447 g/mol. The first-order chi connectivity index (χ1) is 15.9. The van der Waals surface area contributed by atoms with Crippen LogP contribution in [-0.2, 0) is 0 Å². The molecule has 0 aliphatic heterocycles. The van der Waals surface area contributed by atoms with Crippen molar-refractivity contribution in [3.05, 3.63) is 57.7 Å². The Bertz CT molecular complexity index is 824. The monoisotopic (exact) mass is 446 g/mol. The molecule has 0 spiro atoms. The van der Waals surface area contributed by atoms with E-state index in [2.05, 4.69) is 65.8 Å². The molecule has 0 nitrogen and oxygen atoms in total. The lowest BCUT2D eigenvalue weighted by Gasteiger charge is -2.40. The Morgan fingerprint density at radius 2 is 1.15 bits per heavy atom. The summed E-state index contributed by atoms with van der Waals surface area (Å²) in [6.07, 6.45) is 18.4. The number of rotatable bonds is 6. The summed E-state index contributed by atoms with van der Waals surface area (Å²) in [5, 5.41) is 0. The highest BCUT2D eigenvalue weighted by molar-refractivity contribution is 5.51. The lowest BCUT2D eigenvalue weighted by Crippen LogP contribution is -2.24. The van der Waals surface area contributed by atoms with Gasteiger partial charge in [-0.1, -0.05) is 110 Å². The van der Waals surface area contributed by atoms with Gasteiger partial charge >= 0.3 is 0 Å². The summed E-state index contributed by atoms with van der Waals surface area (Å²) in [6, 6.07) is 7.18. The lowest BCUT2D eigenvalue weighted by atomic mass is 9.65. The summed E-state index contributed by atoms with van der Waals surface area (Å²) < 4.78 is 0. The van der Waals surface area contributed by atoms with Crippen molar-refractivity contribution in [2.75, 3.05) is 0 Å². The molecule has 2 saturated carbocycles. The molecule has 1 unspecified atom stereocenters. The maximum Gasteiger partial charge on any atom is 0.00671 e. The van der Waals surface area contributed by atoms with Crippen LogP contribution in [0.4, 0.5) is 0 Å². The predicted octanol–water partition coefficient (Wildman–Crippen LogP) is 10.5. The van der Waals surface area contributed by atoms with Gasteiger partial charge in [-0.25, -0.2) is 0 Å². The van der Waals surface area contributed by atoms with E-state index in [1.54, 1.807) is 27.8 Å². The van der Waals surface area contributed by atoms with Crippen molar-refractivity contribution in [2.24, 2.45) is 17.8 Å². The van der Waals surface area contributed by atoms with Gasteiger partial charge in [0.25, 0.3) is 0 Å². The molecular formula is C33H50. The minimum atomic E-state index is 0.567. The van der Waals surface area contributed by atoms with Gasteiger partial charge < -0.3 is 0 Å². The van der Waals surface area contributed by atoms with Gasteiger partial charge in [-0.15, -0.1) is 0 Å². The number of hydrogen-bond acceptors (Lipinski definition) is 0. The molecule has 0 heterocycles. The first-order valence-corrected chi connectivity index (χ1v) is 14.5. The van der Waals surface area contributed by atoms with Crippen molar-refractivity contribution in [1.82, 2.24) is 0 Å². The Hall–Kier alpha value is -1.30. The van der Waals surface area contributed by atoms with Crippen LogP contribution in [0.15, 0.2) is 41.0 Å². The zero-order valence-corrected chi connectivity index (χ0v) is 22.6. The maximum atomic E-state index is 2.81. The van der Waals surface area contributed by atoms with Crippen LogP contribution in [0.25, 0.3) is 0 Å². The van der Waals surface area contributed by atoms with Crippen molar-refractivity contribution >= 4 is 0 Å². The SMILES string of the molecule is CC(C)C1=C(C2CCCCC2)CC(c2c(C(C)C)cccc2C(C)C)C=C1C1CCCCC1. The van der Waals surface area contributed by atoms with Crippen molar-refractivity contribution < 1.29 is 0 Å². The van der Waals surface area contributed by atoms with Gasteiger partial charge in [0, 0.05) is 5.92 Å². The van der Waals surface area contributed by atoms with E-state index >= 15 is 0 Å². The second-order valence-electron chi connectivity index (χ2n) is 12.4. The van der Waals surface area contributed by atoms with E-state index in [-0.39, 0.29) is 0 Å². The fourth-order valence-electron chi connectivity index (χ4n) is 7.43. The van der Waals surface area contributed by atoms with E-state index in [0.717, 1.165) is 11.8 Å². The van der Waals surface area contributed by atoms with E-state index in [1.807, 2.05) is 5.57 Å². The van der Waals surface area contributed by atoms with Crippen LogP contribution in [0.5, 0.6) is 0 Å². The molecular weight excluding hydrogens is 396 g/mol. The van der Waals surface area contributed by atoms with Gasteiger partial charge in [-0.05, 0) is 89.5 Å². The molecule has 0 radical (unpaired) electrons. The van der Waals surface area contributed by atoms with Crippen molar-refractivity contribution in [3.8, 4) is 0 Å². The first-order valence-electron chi connectivity index (χ1n) is 14.5. The van der Waals surface area contributed by atoms with E-state index in [4.69, 9.17) is 0 Å². The van der Waals surface area contributed by atoms with Gasteiger partial charge in [-0.2, -0.15) is 0 Å². The molecule has 0 saturated heterocycles. The second-order valence-corrected chi connectivity index (χ2v) is 12.4. The summed E-state index contributed by atoms with van der Waals surface area (Å²) in [5.74, 6) is 4.02. The number of benzene rings is 1. The van der Waals surface area contributed by atoms with E-state index in [0.29, 0.717) is 23.7 Å².